The SMILES string of the molecule is CN=C(NCC1(N(C)C)CCSC1)N1CCC(Oc2ccccn2)C1. The highest BCUT2D eigenvalue weighted by molar-refractivity contribution is 7.99. The number of ether oxygens (including phenoxy) is 1. The number of nitrogens with zero attached hydrogens (tertiary/aromatic N) is 4. The van der Waals surface area contributed by atoms with Crippen LogP contribution in [0.4, 0.5) is 0 Å². The molecule has 2 aliphatic heterocycles. The van der Waals surface area contributed by atoms with E-state index >= 15 is 0 Å². The average Bonchev–Trinajstić information content (AvgIpc) is 3.27. The summed E-state index contributed by atoms with van der Waals surface area (Å²) in [7, 11) is 6.23. The highest BCUT2D eigenvalue weighted by atomic mass is 32.2. The summed E-state index contributed by atoms with van der Waals surface area (Å²) in [4.78, 5) is 13.4. The van der Waals surface area contributed by atoms with Crippen molar-refractivity contribution in [1.29, 1.82) is 0 Å². The van der Waals surface area contributed by atoms with Gasteiger partial charge in [-0.05, 0) is 32.3 Å². The Morgan fingerprint density at radius 2 is 2.40 bits per heavy atom. The minimum Gasteiger partial charge on any atom is -0.472 e. The van der Waals surface area contributed by atoms with Crippen LogP contribution in [0, 0.1) is 0 Å². The lowest BCUT2D eigenvalue weighted by atomic mass is 9.97. The Labute approximate surface area is 155 Å². The molecule has 6 nitrogen and oxygen atoms in total. The predicted octanol–water partition coefficient (Wildman–Crippen LogP) is 1.55. The van der Waals surface area contributed by atoms with Crippen LogP contribution < -0.4 is 10.1 Å². The molecule has 2 unspecified atom stereocenters. The van der Waals surface area contributed by atoms with Crippen LogP contribution in [-0.2, 0) is 0 Å². The van der Waals surface area contributed by atoms with E-state index in [9.17, 15) is 0 Å². The Balaban J connectivity index is 1.53. The van der Waals surface area contributed by atoms with Crippen LogP contribution in [0.5, 0.6) is 5.88 Å². The van der Waals surface area contributed by atoms with Gasteiger partial charge in [0.05, 0.1) is 6.54 Å². The lowest BCUT2D eigenvalue weighted by molar-refractivity contribution is 0.180. The zero-order chi connectivity index (χ0) is 17.7. The van der Waals surface area contributed by atoms with Crippen molar-refractivity contribution in [3.05, 3.63) is 24.4 Å². The monoisotopic (exact) mass is 363 g/mol. The fourth-order valence-electron chi connectivity index (χ4n) is 3.43. The molecule has 3 rings (SSSR count). The van der Waals surface area contributed by atoms with Gasteiger partial charge in [0.2, 0.25) is 5.88 Å². The predicted molar refractivity (Wildman–Crippen MR) is 105 cm³/mol. The van der Waals surface area contributed by atoms with Crippen LogP contribution >= 0.6 is 11.8 Å². The molecule has 2 fully saturated rings. The number of pyridine rings is 1. The minimum absolute atomic E-state index is 0.165. The van der Waals surface area contributed by atoms with Crippen LogP contribution in [0.1, 0.15) is 12.8 Å². The van der Waals surface area contributed by atoms with Gasteiger partial charge in [0.15, 0.2) is 5.96 Å². The molecule has 0 radical (unpaired) electrons. The lowest BCUT2D eigenvalue weighted by Crippen LogP contribution is -2.55. The third kappa shape index (κ3) is 4.39. The molecule has 2 aliphatic rings. The molecule has 0 bridgehead atoms. The molecule has 0 saturated carbocycles. The molecule has 1 N–H and O–H groups in total. The van der Waals surface area contributed by atoms with Gasteiger partial charge in [-0.15, -0.1) is 0 Å². The van der Waals surface area contributed by atoms with Gasteiger partial charge in [-0.25, -0.2) is 4.98 Å². The second-order valence-corrected chi connectivity index (χ2v) is 8.07. The highest BCUT2D eigenvalue weighted by Crippen LogP contribution is 2.31. The molecule has 2 atom stereocenters. The normalized spacial score (nSPS) is 27.1. The van der Waals surface area contributed by atoms with Gasteiger partial charge in [-0.1, -0.05) is 6.07 Å². The van der Waals surface area contributed by atoms with Crippen molar-refractivity contribution in [1.82, 2.24) is 20.1 Å². The summed E-state index contributed by atoms with van der Waals surface area (Å²) in [6, 6.07) is 5.77. The van der Waals surface area contributed by atoms with Crippen molar-refractivity contribution >= 4 is 17.7 Å². The van der Waals surface area contributed by atoms with E-state index < -0.39 is 0 Å². The molecule has 138 valence electrons. The minimum atomic E-state index is 0.165. The van der Waals surface area contributed by atoms with E-state index in [1.54, 1.807) is 6.20 Å². The fraction of sp³-hybridized carbons (Fsp3) is 0.667. The van der Waals surface area contributed by atoms with E-state index in [1.165, 1.54) is 17.9 Å². The van der Waals surface area contributed by atoms with Gasteiger partial charge in [-0.3, -0.25) is 4.99 Å². The van der Waals surface area contributed by atoms with Gasteiger partial charge in [0, 0.05) is 50.1 Å². The topological polar surface area (TPSA) is 53.0 Å². The van der Waals surface area contributed by atoms with E-state index in [-0.39, 0.29) is 11.6 Å². The number of thioether (sulfide) groups is 1. The number of likely N-dealkylation sites (N-methyl/N-ethyl adjacent to an activating group) is 1. The summed E-state index contributed by atoms with van der Waals surface area (Å²) in [6.45, 7) is 2.74. The van der Waals surface area contributed by atoms with Crippen molar-refractivity contribution in [2.75, 3.05) is 52.3 Å². The second-order valence-electron chi connectivity index (χ2n) is 6.96. The lowest BCUT2D eigenvalue weighted by Gasteiger charge is -2.37. The number of hydrogen-bond acceptors (Lipinski definition) is 5. The van der Waals surface area contributed by atoms with E-state index in [1.807, 2.05) is 37.0 Å². The van der Waals surface area contributed by atoms with Gasteiger partial charge >= 0.3 is 0 Å². The Morgan fingerprint density at radius 3 is 3.04 bits per heavy atom. The van der Waals surface area contributed by atoms with Crippen LogP contribution in [-0.4, -0.2) is 84.7 Å². The molecular formula is C18H29N5OS. The molecule has 25 heavy (non-hydrogen) atoms. The summed E-state index contributed by atoms with van der Waals surface area (Å²) >= 11 is 2.04. The highest BCUT2D eigenvalue weighted by Gasteiger charge is 2.37. The van der Waals surface area contributed by atoms with Crippen LogP contribution in [0.2, 0.25) is 0 Å². The first-order valence-electron chi connectivity index (χ1n) is 8.91. The zero-order valence-electron chi connectivity index (χ0n) is 15.4. The molecule has 3 heterocycles. The maximum atomic E-state index is 5.99. The van der Waals surface area contributed by atoms with Gasteiger partial charge in [0.1, 0.15) is 6.10 Å². The summed E-state index contributed by atoms with van der Waals surface area (Å²) in [5.74, 6) is 4.09. The van der Waals surface area contributed by atoms with Crippen molar-refractivity contribution in [3.8, 4) is 5.88 Å². The van der Waals surface area contributed by atoms with Gasteiger partial charge in [-0.2, -0.15) is 11.8 Å². The molecule has 7 heteroatoms. The van der Waals surface area contributed by atoms with Gasteiger partial charge < -0.3 is 19.9 Å². The summed E-state index contributed by atoms with van der Waals surface area (Å²) < 4.78 is 5.99. The summed E-state index contributed by atoms with van der Waals surface area (Å²) in [6.07, 6.45) is 4.15. The number of aliphatic imine (C=N–C) groups is 1. The van der Waals surface area contributed by atoms with E-state index in [2.05, 4.69) is 39.2 Å². The Morgan fingerprint density at radius 1 is 1.52 bits per heavy atom. The number of hydrogen-bond donors (Lipinski definition) is 1. The maximum absolute atomic E-state index is 5.99. The van der Waals surface area contributed by atoms with E-state index in [0.717, 1.165) is 32.0 Å². The quantitative estimate of drug-likeness (QED) is 0.633. The standard InChI is InChI=1S/C18H29N5OS/c1-19-17(21-13-18(22(2)3)8-11-25-14-18)23-10-7-15(12-23)24-16-6-4-5-9-20-16/h4-6,9,15H,7-8,10-14H2,1-3H3,(H,19,21). The van der Waals surface area contributed by atoms with Crippen molar-refractivity contribution in [2.45, 2.75) is 24.5 Å². The number of nitrogens with one attached hydrogen (secondary N) is 1. The Kier molecular flexibility index (Phi) is 6.06. The smallest absolute Gasteiger partial charge is 0.213 e. The molecule has 1 aromatic heterocycles. The van der Waals surface area contributed by atoms with E-state index in [4.69, 9.17) is 4.74 Å². The number of rotatable bonds is 5. The van der Waals surface area contributed by atoms with Crippen LogP contribution in [0.25, 0.3) is 0 Å². The first-order valence-corrected chi connectivity index (χ1v) is 10.1. The fourth-order valence-corrected chi connectivity index (χ4v) is 4.98. The van der Waals surface area contributed by atoms with E-state index in [0.29, 0.717) is 5.88 Å². The molecule has 2 saturated heterocycles. The largest absolute Gasteiger partial charge is 0.472 e. The third-order valence-corrected chi connectivity index (χ3v) is 6.42. The first kappa shape index (κ1) is 18.3. The molecule has 0 spiro atoms. The third-order valence-electron chi connectivity index (χ3n) is 5.19. The molecule has 0 aromatic carbocycles. The Hall–Kier alpha value is -1.47. The molecule has 1 aromatic rings. The van der Waals surface area contributed by atoms with Crippen LogP contribution in [0.15, 0.2) is 29.4 Å². The summed E-state index contributed by atoms with van der Waals surface area (Å²) in [5.41, 5.74) is 0.226. The van der Waals surface area contributed by atoms with Crippen molar-refractivity contribution in [3.63, 3.8) is 0 Å². The maximum Gasteiger partial charge on any atom is 0.213 e. The average molecular weight is 364 g/mol. The molecule has 0 aliphatic carbocycles. The summed E-state index contributed by atoms with van der Waals surface area (Å²) in [5, 5.41) is 3.61. The van der Waals surface area contributed by atoms with Gasteiger partial charge in [0.25, 0.3) is 0 Å². The van der Waals surface area contributed by atoms with Crippen molar-refractivity contribution < 1.29 is 4.74 Å². The number of likely N-dealkylation sites (tertiary alicyclic amines) is 1. The van der Waals surface area contributed by atoms with Crippen LogP contribution in [0.3, 0.4) is 0 Å². The van der Waals surface area contributed by atoms with Crippen molar-refractivity contribution in [2.24, 2.45) is 4.99 Å². The second kappa shape index (κ2) is 8.27. The number of aromatic nitrogens is 1. The molecular weight excluding hydrogens is 334 g/mol. The zero-order valence-corrected chi connectivity index (χ0v) is 16.3. The number of guanidine groups is 1. The molecule has 0 amide bonds. The first-order chi connectivity index (χ1) is 12.1. The Bertz CT molecular complexity index is 574.